The van der Waals surface area contributed by atoms with Crippen molar-refractivity contribution in [2.75, 3.05) is 36.4 Å². The summed E-state index contributed by atoms with van der Waals surface area (Å²) in [5, 5.41) is 6.06. The van der Waals surface area contributed by atoms with E-state index < -0.39 is 0 Å². The molecule has 118 valence electrons. The van der Waals surface area contributed by atoms with E-state index in [2.05, 4.69) is 25.5 Å². The van der Waals surface area contributed by atoms with Gasteiger partial charge in [-0.05, 0) is 12.1 Å². The van der Waals surface area contributed by atoms with Gasteiger partial charge in [0.2, 0.25) is 0 Å². The molecule has 0 atom stereocenters. The van der Waals surface area contributed by atoms with Gasteiger partial charge in [-0.3, -0.25) is 4.79 Å². The van der Waals surface area contributed by atoms with Gasteiger partial charge in [-0.25, -0.2) is 9.97 Å². The van der Waals surface area contributed by atoms with E-state index in [1.165, 1.54) is 0 Å². The predicted molar refractivity (Wildman–Crippen MR) is 87.7 cm³/mol. The third kappa shape index (κ3) is 3.75. The van der Waals surface area contributed by atoms with Gasteiger partial charge in [0, 0.05) is 39.4 Å². The summed E-state index contributed by atoms with van der Waals surface area (Å²) in [6.45, 7) is 3.92. The number of amides is 1. The summed E-state index contributed by atoms with van der Waals surface area (Å²) in [6, 6.07) is 3.80. The first-order chi connectivity index (χ1) is 10.2. The number of rotatable bonds is 3. The number of pyridine rings is 1. The van der Waals surface area contributed by atoms with Crippen LogP contribution < -0.4 is 15.5 Å². The monoisotopic (exact) mass is 322 g/mol. The maximum atomic E-state index is 12.0. The molecule has 22 heavy (non-hydrogen) atoms. The molecule has 0 saturated carbocycles. The molecule has 0 aliphatic carbocycles. The van der Waals surface area contributed by atoms with Crippen LogP contribution >= 0.6 is 12.4 Å². The highest BCUT2D eigenvalue weighted by atomic mass is 35.5. The first-order valence-corrected chi connectivity index (χ1v) is 6.93. The molecule has 1 aliphatic rings. The van der Waals surface area contributed by atoms with Crippen molar-refractivity contribution in [3.63, 3.8) is 0 Å². The summed E-state index contributed by atoms with van der Waals surface area (Å²) in [6.07, 6.45) is 5.06. The zero-order valence-corrected chi connectivity index (χ0v) is 13.1. The summed E-state index contributed by atoms with van der Waals surface area (Å²) in [5.41, 5.74) is 1.46. The van der Waals surface area contributed by atoms with E-state index in [0.29, 0.717) is 11.5 Å². The van der Waals surface area contributed by atoms with Gasteiger partial charge >= 0.3 is 0 Å². The summed E-state index contributed by atoms with van der Waals surface area (Å²) >= 11 is 0. The van der Waals surface area contributed by atoms with Crippen LogP contribution in [0.4, 0.5) is 11.5 Å². The molecule has 2 aromatic heterocycles. The van der Waals surface area contributed by atoms with Crippen molar-refractivity contribution < 1.29 is 4.79 Å². The molecule has 1 aliphatic heterocycles. The van der Waals surface area contributed by atoms with Gasteiger partial charge < -0.3 is 20.1 Å². The molecule has 3 heterocycles. The molecular weight excluding hydrogens is 304 g/mol. The molecule has 7 nitrogen and oxygen atoms in total. The molecule has 2 aromatic rings. The van der Waals surface area contributed by atoms with Gasteiger partial charge in [0.15, 0.2) is 0 Å². The van der Waals surface area contributed by atoms with Gasteiger partial charge in [-0.2, -0.15) is 0 Å². The number of nitrogens with zero attached hydrogens (tertiary/aromatic N) is 4. The number of halogens is 1. The molecule has 1 fully saturated rings. The van der Waals surface area contributed by atoms with Crippen LogP contribution in [0.2, 0.25) is 0 Å². The van der Waals surface area contributed by atoms with E-state index in [-0.39, 0.29) is 18.3 Å². The van der Waals surface area contributed by atoms with Crippen molar-refractivity contribution in [3.8, 4) is 0 Å². The molecular formula is C14H19ClN6O. The fourth-order valence-electron chi connectivity index (χ4n) is 2.28. The fraction of sp³-hybridized carbons (Fsp3) is 0.357. The lowest BCUT2D eigenvalue weighted by atomic mass is 10.3. The third-order valence-corrected chi connectivity index (χ3v) is 3.41. The van der Waals surface area contributed by atoms with E-state index in [0.717, 1.165) is 31.9 Å². The van der Waals surface area contributed by atoms with Crippen molar-refractivity contribution in [1.82, 2.24) is 19.9 Å². The number of imidazole rings is 1. The highest BCUT2D eigenvalue weighted by Gasteiger charge is 2.12. The van der Waals surface area contributed by atoms with Crippen molar-refractivity contribution in [2.45, 2.75) is 0 Å². The van der Waals surface area contributed by atoms with E-state index >= 15 is 0 Å². The van der Waals surface area contributed by atoms with Gasteiger partial charge in [-0.15, -0.1) is 12.4 Å². The van der Waals surface area contributed by atoms with Crippen LogP contribution in [-0.2, 0) is 7.05 Å². The fourth-order valence-corrected chi connectivity index (χ4v) is 2.28. The molecule has 1 saturated heterocycles. The summed E-state index contributed by atoms with van der Waals surface area (Å²) < 4.78 is 1.73. The van der Waals surface area contributed by atoms with Crippen molar-refractivity contribution in [1.29, 1.82) is 0 Å². The van der Waals surface area contributed by atoms with Crippen molar-refractivity contribution in [2.24, 2.45) is 7.05 Å². The smallest absolute Gasteiger partial charge is 0.276 e. The number of nitrogens with one attached hydrogen (secondary N) is 2. The highest BCUT2D eigenvalue weighted by Crippen LogP contribution is 2.15. The van der Waals surface area contributed by atoms with Gasteiger partial charge in [0.05, 0.1) is 18.2 Å². The van der Waals surface area contributed by atoms with Crippen LogP contribution in [0, 0.1) is 0 Å². The van der Waals surface area contributed by atoms with Crippen LogP contribution in [0.5, 0.6) is 0 Å². The second-order valence-corrected chi connectivity index (χ2v) is 5.02. The van der Waals surface area contributed by atoms with Gasteiger partial charge in [0.25, 0.3) is 5.91 Å². The summed E-state index contributed by atoms with van der Waals surface area (Å²) in [4.78, 5) is 22.5. The van der Waals surface area contributed by atoms with E-state index in [9.17, 15) is 4.79 Å². The standard InChI is InChI=1S/C14H18N6O.ClH/c1-19-9-12(17-10-19)14(21)18-13-3-2-11(8-16-13)20-6-4-15-5-7-20;/h2-3,8-10,15H,4-7H2,1H3,(H,16,18,21);1H. The Morgan fingerprint density at radius 1 is 1.27 bits per heavy atom. The zero-order valence-electron chi connectivity index (χ0n) is 12.3. The number of hydrogen-bond donors (Lipinski definition) is 2. The summed E-state index contributed by atoms with van der Waals surface area (Å²) in [7, 11) is 1.82. The molecule has 0 aromatic carbocycles. The highest BCUT2D eigenvalue weighted by molar-refractivity contribution is 6.02. The normalized spacial score (nSPS) is 14.3. The first-order valence-electron chi connectivity index (χ1n) is 6.93. The number of hydrogen-bond acceptors (Lipinski definition) is 5. The van der Waals surface area contributed by atoms with Gasteiger partial charge in [-0.1, -0.05) is 0 Å². The molecule has 0 radical (unpaired) electrons. The average molecular weight is 323 g/mol. The van der Waals surface area contributed by atoms with Crippen LogP contribution in [0.3, 0.4) is 0 Å². The molecule has 2 N–H and O–H groups in total. The Balaban J connectivity index is 0.00000176. The molecule has 8 heteroatoms. The van der Waals surface area contributed by atoms with Crippen LogP contribution in [0.25, 0.3) is 0 Å². The lowest BCUT2D eigenvalue weighted by Gasteiger charge is -2.29. The summed E-state index contributed by atoms with van der Waals surface area (Å²) in [5.74, 6) is 0.280. The van der Waals surface area contributed by atoms with Crippen LogP contribution in [0.1, 0.15) is 10.5 Å². The zero-order chi connectivity index (χ0) is 14.7. The Morgan fingerprint density at radius 2 is 2.05 bits per heavy atom. The predicted octanol–water partition coefficient (Wildman–Crippen LogP) is 0.899. The Morgan fingerprint density at radius 3 is 2.64 bits per heavy atom. The van der Waals surface area contributed by atoms with Crippen molar-refractivity contribution >= 4 is 29.8 Å². The molecule has 0 spiro atoms. The SMILES string of the molecule is Cl.Cn1cnc(C(=O)Nc2ccc(N3CCNCC3)cn2)c1. The number of anilines is 2. The minimum absolute atomic E-state index is 0. The second kappa shape index (κ2) is 7.24. The van der Waals surface area contributed by atoms with Crippen LogP contribution in [-0.4, -0.2) is 46.6 Å². The number of carbonyl (C=O) groups is 1. The first kappa shape index (κ1) is 16.3. The number of carbonyl (C=O) groups excluding carboxylic acids is 1. The number of piperazine rings is 1. The second-order valence-electron chi connectivity index (χ2n) is 5.02. The third-order valence-electron chi connectivity index (χ3n) is 3.41. The number of aryl methyl sites for hydroxylation is 1. The molecule has 3 rings (SSSR count). The maximum absolute atomic E-state index is 12.0. The molecule has 0 unspecified atom stereocenters. The Bertz CT molecular complexity index is 621. The maximum Gasteiger partial charge on any atom is 0.276 e. The van der Waals surface area contributed by atoms with Crippen LogP contribution in [0.15, 0.2) is 30.9 Å². The Hall–Kier alpha value is -2.12. The minimum atomic E-state index is -0.252. The minimum Gasteiger partial charge on any atom is -0.368 e. The lowest BCUT2D eigenvalue weighted by molar-refractivity contribution is 0.102. The topological polar surface area (TPSA) is 75.1 Å². The average Bonchev–Trinajstić information content (AvgIpc) is 2.96. The Kier molecular flexibility index (Phi) is 5.35. The van der Waals surface area contributed by atoms with Crippen molar-refractivity contribution in [3.05, 3.63) is 36.5 Å². The van der Waals surface area contributed by atoms with E-state index in [4.69, 9.17) is 0 Å². The Labute approximate surface area is 135 Å². The molecule has 0 bridgehead atoms. The van der Waals surface area contributed by atoms with E-state index in [1.807, 2.05) is 19.2 Å². The van der Waals surface area contributed by atoms with Gasteiger partial charge in [0.1, 0.15) is 11.5 Å². The quantitative estimate of drug-likeness (QED) is 0.878. The lowest BCUT2D eigenvalue weighted by Crippen LogP contribution is -2.43. The molecule has 1 amide bonds. The van der Waals surface area contributed by atoms with E-state index in [1.54, 1.807) is 23.3 Å². The number of aromatic nitrogens is 3. The largest absolute Gasteiger partial charge is 0.368 e.